The number of methoxy groups -OCH3 is 1. The van der Waals surface area contributed by atoms with Crippen molar-refractivity contribution in [3.8, 4) is 16.9 Å². The fourth-order valence-electron chi connectivity index (χ4n) is 1.63. The lowest BCUT2D eigenvalue weighted by molar-refractivity contribution is -0.182. The second-order valence-corrected chi connectivity index (χ2v) is 3.68. The van der Waals surface area contributed by atoms with E-state index < -0.39 is 5.97 Å². The summed E-state index contributed by atoms with van der Waals surface area (Å²) in [7, 11) is 1.62. The minimum absolute atomic E-state index is 0.301. The largest absolute Gasteiger partial charge is 0.497 e. The lowest BCUT2D eigenvalue weighted by Crippen LogP contribution is -2.00. The Morgan fingerprint density at radius 3 is 1.89 bits per heavy atom. The van der Waals surface area contributed by atoms with Crippen molar-refractivity contribution in [2.45, 2.75) is 0 Å². The highest BCUT2D eigenvalue weighted by atomic mass is 17.1. The maximum atomic E-state index is 11.1. The molecule has 0 heterocycles. The normalized spacial score (nSPS) is 9.89. The van der Waals surface area contributed by atoms with Gasteiger partial charge in [-0.3, -0.25) is 4.89 Å². The van der Waals surface area contributed by atoms with Gasteiger partial charge in [-0.25, -0.2) is 4.79 Å². The molecule has 2 aromatic carbocycles. The van der Waals surface area contributed by atoms with Gasteiger partial charge in [-0.1, -0.05) is 24.3 Å². The molecule has 0 atom stereocenters. The van der Waals surface area contributed by atoms with Gasteiger partial charge in [-0.15, -0.1) is 0 Å². The van der Waals surface area contributed by atoms with Crippen molar-refractivity contribution in [3.05, 3.63) is 54.1 Å². The molecule has 0 unspecified atom stereocenters. The molecule has 0 aliphatic rings. The van der Waals surface area contributed by atoms with Gasteiger partial charge in [0.2, 0.25) is 0 Å². The van der Waals surface area contributed by atoms with Gasteiger partial charge in [0.1, 0.15) is 5.75 Å². The van der Waals surface area contributed by atoms with Gasteiger partial charge in [0, 0.05) is 0 Å². The highest BCUT2D eigenvalue weighted by Gasteiger charge is 2.06. The number of carbonyl (C=O) groups excluding carboxylic acids is 1. The van der Waals surface area contributed by atoms with E-state index in [1.165, 1.54) is 0 Å². The molecule has 0 aromatic heterocycles. The molecule has 0 bridgehead atoms. The first-order valence-electron chi connectivity index (χ1n) is 5.35. The third-order valence-electron chi connectivity index (χ3n) is 2.63. The summed E-state index contributed by atoms with van der Waals surface area (Å²) in [6, 6.07) is 14.4. The predicted octanol–water partition coefficient (Wildman–Crippen LogP) is 2.99. The summed E-state index contributed by atoms with van der Waals surface area (Å²) in [6.45, 7) is 0. The zero-order valence-corrected chi connectivity index (χ0v) is 9.79. The number of rotatable bonds is 3. The van der Waals surface area contributed by atoms with Crippen LogP contribution < -0.4 is 4.74 Å². The number of benzene rings is 2. The van der Waals surface area contributed by atoms with Gasteiger partial charge in [0.15, 0.2) is 0 Å². The van der Waals surface area contributed by atoms with Crippen molar-refractivity contribution >= 4 is 5.97 Å². The highest BCUT2D eigenvalue weighted by Crippen LogP contribution is 2.22. The van der Waals surface area contributed by atoms with E-state index in [4.69, 9.17) is 9.99 Å². The summed E-state index contributed by atoms with van der Waals surface area (Å²) in [5.41, 5.74) is 2.28. The molecule has 0 radical (unpaired) electrons. The Balaban J connectivity index is 2.25. The smallest absolute Gasteiger partial charge is 0.372 e. The Labute approximate surface area is 104 Å². The number of ether oxygens (including phenoxy) is 1. The van der Waals surface area contributed by atoms with Gasteiger partial charge in [0.05, 0.1) is 12.7 Å². The molecule has 18 heavy (non-hydrogen) atoms. The third kappa shape index (κ3) is 2.49. The van der Waals surface area contributed by atoms with Crippen LogP contribution in [0, 0.1) is 0 Å². The van der Waals surface area contributed by atoms with Crippen molar-refractivity contribution in [1.82, 2.24) is 0 Å². The van der Waals surface area contributed by atoms with Crippen LogP contribution in [0.15, 0.2) is 48.5 Å². The van der Waals surface area contributed by atoms with Gasteiger partial charge in [0.25, 0.3) is 0 Å². The van der Waals surface area contributed by atoms with E-state index >= 15 is 0 Å². The van der Waals surface area contributed by atoms with Crippen molar-refractivity contribution in [2.24, 2.45) is 0 Å². The Hall–Kier alpha value is -2.33. The van der Waals surface area contributed by atoms with Crippen molar-refractivity contribution in [3.63, 3.8) is 0 Å². The summed E-state index contributed by atoms with van der Waals surface area (Å²) in [6.07, 6.45) is 0. The Bertz CT molecular complexity index is 529. The van der Waals surface area contributed by atoms with Gasteiger partial charge >= 0.3 is 5.97 Å². The molecule has 2 rings (SSSR count). The number of carbonyl (C=O) groups is 1. The fraction of sp³-hybridized carbons (Fsp3) is 0.0714. The van der Waals surface area contributed by atoms with Gasteiger partial charge in [-0.2, -0.15) is 5.26 Å². The molecule has 4 nitrogen and oxygen atoms in total. The molecule has 4 heteroatoms. The Morgan fingerprint density at radius 1 is 0.944 bits per heavy atom. The molecule has 92 valence electrons. The number of hydrogen-bond donors (Lipinski definition) is 1. The van der Waals surface area contributed by atoms with Crippen LogP contribution in [0.4, 0.5) is 0 Å². The van der Waals surface area contributed by atoms with E-state index in [-0.39, 0.29) is 0 Å². The minimum Gasteiger partial charge on any atom is -0.497 e. The minimum atomic E-state index is -0.767. The molecule has 0 saturated heterocycles. The fourth-order valence-corrected chi connectivity index (χ4v) is 1.63. The summed E-state index contributed by atoms with van der Waals surface area (Å²) >= 11 is 0. The summed E-state index contributed by atoms with van der Waals surface area (Å²) in [5.74, 6) is 0.0236. The maximum Gasteiger partial charge on any atom is 0.372 e. The van der Waals surface area contributed by atoms with Crippen molar-refractivity contribution in [2.75, 3.05) is 7.11 Å². The van der Waals surface area contributed by atoms with Crippen LogP contribution in [0.5, 0.6) is 5.75 Å². The summed E-state index contributed by atoms with van der Waals surface area (Å²) in [5, 5.41) is 8.27. The van der Waals surface area contributed by atoms with Crippen LogP contribution in [0.25, 0.3) is 11.1 Å². The molecule has 0 saturated carbocycles. The van der Waals surface area contributed by atoms with Gasteiger partial charge < -0.3 is 4.74 Å². The van der Waals surface area contributed by atoms with Crippen molar-refractivity contribution < 1.29 is 19.7 Å². The molecule has 1 N–H and O–H groups in total. The van der Waals surface area contributed by atoms with Crippen LogP contribution in [-0.2, 0) is 4.89 Å². The van der Waals surface area contributed by atoms with E-state index in [0.29, 0.717) is 5.56 Å². The van der Waals surface area contributed by atoms with E-state index in [1.54, 1.807) is 31.4 Å². The zero-order valence-electron chi connectivity index (χ0n) is 9.79. The molecule has 0 spiro atoms. The van der Waals surface area contributed by atoms with Crippen LogP contribution in [0.2, 0.25) is 0 Å². The molecule has 0 fully saturated rings. The monoisotopic (exact) mass is 244 g/mol. The topological polar surface area (TPSA) is 55.8 Å². The molecule has 0 aliphatic carbocycles. The van der Waals surface area contributed by atoms with Crippen molar-refractivity contribution in [1.29, 1.82) is 0 Å². The quantitative estimate of drug-likeness (QED) is 0.666. The van der Waals surface area contributed by atoms with Crippen LogP contribution in [-0.4, -0.2) is 18.3 Å². The van der Waals surface area contributed by atoms with E-state index in [9.17, 15) is 4.79 Å². The predicted molar refractivity (Wildman–Crippen MR) is 66.5 cm³/mol. The lowest BCUT2D eigenvalue weighted by atomic mass is 10.0. The molecular weight excluding hydrogens is 232 g/mol. The molecule has 0 aliphatic heterocycles. The SMILES string of the molecule is COc1ccc(-c2ccc(C(=O)OO)cc2)cc1. The average molecular weight is 244 g/mol. The highest BCUT2D eigenvalue weighted by molar-refractivity contribution is 5.89. The second-order valence-electron chi connectivity index (χ2n) is 3.68. The third-order valence-corrected chi connectivity index (χ3v) is 2.63. The lowest BCUT2D eigenvalue weighted by Gasteiger charge is -2.04. The Kier molecular flexibility index (Phi) is 3.60. The zero-order chi connectivity index (χ0) is 13.0. The summed E-state index contributed by atoms with van der Waals surface area (Å²) < 4.78 is 5.08. The van der Waals surface area contributed by atoms with Gasteiger partial charge in [-0.05, 0) is 35.4 Å². The van der Waals surface area contributed by atoms with Crippen LogP contribution >= 0.6 is 0 Å². The average Bonchev–Trinajstić information content (AvgIpc) is 2.47. The first-order valence-corrected chi connectivity index (χ1v) is 5.35. The molecular formula is C14H12O4. The summed E-state index contributed by atoms with van der Waals surface area (Å²) in [4.78, 5) is 14.7. The molecule has 2 aromatic rings. The van der Waals surface area contributed by atoms with E-state index in [2.05, 4.69) is 4.89 Å². The Morgan fingerprint density at radius 2 is 1.44 bits per heavy atom. The first-order chi connectivity index (χ1) is 8.74. The van der Waals surface area contributed by atoms with Crippen LogP contribution in [0.3, 0.4) is 0 Å². The molecule has 0 amide bonds. The first kappa shape index (κ1) is 12.1. The standard InChI is InChI=1S/C14H12O4/c1-17-13-8-6-11(7-9-13)10-2-4-12(5-3-10)14(15)18-16/h2-9,16H,1H3. The second kappa shape index (κ2) is 5.33. The van der Waals surface area contributed by atoms with E-state index in [0.717, 1.165) is 16.9 Å². The van der Waals surface area contributed by atoms with E-state index in [1.807, 2.05) is 24.3 Å². The maximum absolute atomic E-state index is 11.1. The van der Waals surface area contributed by atoms with Crippen LogP contribution in [0.1, 0.15) is 10.4 Å². The number of hydrogen-bond acceptors (Lipinski definition) is 4.